The minimum Gasteiger partial charge on any atom is -0.482 e. The molecule has 1 aliphatic heterocycles. The standard InChI is InChI=1S/C21H20N2O4/c1-4-15-8-7-9-16(12-15)23(13-19(24)22-3)21(25)20-14(2)26-17-10-5-6-11-18(17)27-20/h1,5-12,14,20H,13H2,2-3H3,(H,22,24). The summed E-state index contributed by atoms with van der Waals surface area (Å²) in [5, 5.41) is 2.53. The van der Waals surface area contributed by atoms with Gasteiger partial charge in [0.25, 0.3) is 5.91 Å². The zero-order chi connectivity index (χ0) is 19.4. The van der Waals surface area contributed by atoms with Crippen LogP contribution in [0.2, 0.25) is 0 Å². The Bertz CT molecular complexity index is 903. The van der Waals surface area contributed by atoms with E-state index < -0.39 is 12.2 Å². The number of hydrogen-bond acceptors (Lipinski definition) is 4. The van der Waals surface area contributed by atoms with Crippen LogP contribution in [0.15, 0.2) is 48.5 Å². The minimum absolute atomic E-state index is 0.155. The molecule has 27 heavy (non-hydrogen) atoms. The first-order valence-electron chi connectivity index (χ1n) is 8.54. The maximum atomic E-state index is 13.3. The molecule has 2 atom stereocenters. The Morgan fingerprint density at radius 1 is 1.15 bits per heavy atom. The monoisotopic (exact) mass is 364 g/mol. The molecular formula is C21H20N2O4. The molecule has 0 bridgehead atoms. The zero-order valence-corrected chi connectivity index (χ0v) is 15.1. The second kappa shape index (κ2) is 7.83. The second-order valence-corrected chi connectivity index (χ2v) is 6.10. The highest BCUT2D eigenvalue weighted by Gasteiger charge is 2.37. The smallest absolute Gasteiger partial charge is 0.272 e. The normalized spacial score (nSPS) is 17.5. The second-order valence-electron chi connectivity index (χ2n) is 6.10. The van der Waals surface area contributed by atoms with E-state index in [0.29, 0.717) is 22.7 Å². The molecule has 0 radical (unpaired) electrons. The van der Waals surface area contributed by atoms with Gasteiger partial charge in [0.15, 0.2) is 11.5 Å². The molecule has 6 nitrogen and oxygen atoms in total. The van der Waals surface area contributed by atoms with Crippen molar-refractivity contribution >= 4 is 17.5 Å². The summed E-state index contributed by atoms with van der Waals surface area (Å²) in [6, 6.07) is 14.1. The predicted octanol–water partition coefficient (Wildman–Crippen LogP) is 1.98. The number of nitrogens with one attached hydrogen (secondary N) is 1. The van der Waals surface area contributed by atoms with Crippen LogP contribution in [0.4, 0.5) is 5.69 Å². The molecule has 0 saturated carbocycles. The minimum atomic E-state index is -0.890. The lowest BCUT2D eigenvalue weighted by molar-refractivity contribution is -0.132. The third-order valence-electron chi connectivity index (χ3n) is 4.26. The van der Waals surface area contributed by atoms with Crippen LogP contribution in [0, 0.1) is 12.3 Å². The van der Waals surface area contributed by atoms with Crippen molar-refractivity contribution in [2.24, 2.45) is 0 Å². The first-order valence-corrected chi connectivity index (χ1v) is 8.54. The van der Waals surface area contributed by atoms with Gasteiger partial charge >= 0.3 is 0 Å². The summed E-state index contributed by atoms with van der Waals surface area (Å²) in [5.74, 6) is 2.93. The molecule has 2 amide bonds. The molecule has 2 unspecified atom stereocenters. The zero-order valence-electron chi connectivity index (χ0n) is 15.1. The van der Waals surface area contributed by atoms with Crippen molar-refractivity contribution in [1.29, 1.82) is 0 Å². The van der Waals surface area contributed by atoms with Gasteiger partial charge < -0.3 is 14.8 Å². The van der Waals surface area contributed by atoms with Gasteiger partial charge in [-0.2, -0.15) is 0 Å². The Morgan fingerprint density at radius 3 is 2.52 bits per heavy atom. The quantitative estimate of drug-likeness (QED) is 0.843. The van der Waals surface area contributed by atoms with Gasteiger partial charge in [-0.25, -0.2) is 0 Å². The highest BCUT2D eigenvalue weighted by molar-refractivity contribution is 6.01. The fourth-order valence-corrected chi connectivity index (χ4v) is 2.83. The number of nitrogens with zero attached hydrogens (tertiary/aromatic N) is 1. The van der Waals surface area contributed by atoms with Crippen molar-refractivity contribution in [3.8, 4) is 23.8 Å². The average molecular weight is 364 g/mol. The van der Waals surface area contributed by atoms with Crippen LogP contribution in [0.3, 0.4) is 0 Å². The van der Waals surface area contributed by atoms with Gasteiger partial charge in [0.1, 0.15) is 12.6 Å². The summed E-state index contributed by atoms with van der Waals surface area (Å²) in [4.78, 5) is 26.6. The number of carbonyl (C=O) groups is 2. The van der Waals surface area contributed by atoms with Gasteiger partial charge in [-0.15, -0.1) is 6.42 Å². The molecule has 0 aliphatic carbocycles. The first kappa shape index (κ1) is 18.3. The number of anilines is 1. The van der Waals surface area contributed by atoms with Crippen LogP contribution >= 0.6 is 0 Å². The molecule has 2 aromatic rings. The Hall–Kier alpha value is -3.46. The number of terminal acetylenes is 1. The highest BCUT2D eigenvalue weighted by atomic mass is 16.6. The molecule has 0 aromatic heterocycles. The highest BCUT2D eigenvalue weighted by Crippen LogP contribution is 2.34. The van der Waals surface area contributed by atoms with E-state index in [1.807, 2.05) is 6.07 Å². The van der Waals surface area contributed by atoms with Crippen molar-refractivity contribution in [1.82, 2.24) is 5.32 Å². The van der Waals surface area contributed by atoms with E-state index in [1.54, 1.807) is 49.4 Å². The molecule has 2 aromatic carbocycles. The van der Waals surface area contributed by atoms with Crippen molar-refractivity contribution in [2.75, 3.05) is 18.5 Å². The lowest BCUT2D eigenvalue weighted by Gasteiger charge is -2.34. The number of carbonyl (C=O) groups excluding carboxylic acids is 2. The molecule has 1 heterocycles. The van der Waals surface area contributed by atoms with Crippen molar-refractivity contribution in [3.05, 3.63) is 54.1 Å². The molecule has 1 N–H and O–H groups in total. The summed E-state index contributed by atoms with van der Waals surface area (Å²) in [6.07, 6.45) is 4.06. The Balaban J connectivity index is 1.93. The Labute approximate surface area is 158 Å². The SMILES string of the molecule is C#Cc1cccc(N(CC(=O)NC)C(=O)C2Oc3ccccc3OC2C)c1. The summed E-state index contributed by atoms with van der Waals surface area (Å²) < 4.78 is 11.7. The number of rotatable bonds is 4. The third kappa shape index (κ3) is 3.87. The molecular weight excluding hydrogens is 344 g/mol. The van der Waals surface area contributed by atoms with Gasteiger partial charge in [-0.3, -0.25) is 14.5 Å². The van der Waals surface area contributed by atoms with Crippen LogP contribution in [0.5, 0.6) is 11.5 Å². The van der Waals surface area contributed by atoms with E-state index >= 15 is 0 Å². The largest absolute Gasteiger partial charge is 0.482 e. The Kier molecular flexibility index (Phi) is 5.32. The maximum Gasteiger partial charge on any atom is 0.272 e. The number of ether oxygens (including phenoxy) is 2. The van der Waals surface area contributed by atoms with E-state index in [9.17, 15) is 9.59 Å². The predicted molar refractivity (Wildman–Crippen MR) is 102 cm³/mol. The Morgan fingerprint density at radius 2 is 1.85 bits per heavy atom. The molecule has 0 spiro atoms. The number of amides is 2. The fraction of sp³-hybridized carbons (Fsp3) is 0.238. The molecule has 3 rings (SSSR count). The number of para-hydroxylation sites is 2. The van der Waals surface area contributed by atoms with Gasteiger partial charge in [-0.1, -0.05) is 24.1 Å². The molecule has 0 fully saturated rings. The number of benzene rings is 2. The molecule has 0 saturated heterocycles. The maximum absolute atomic E-state index is 13.3. The molecule has 1 aliphatic rings. The molecule has 138 valence electrons. The number of likely N-dealkylation sites (N-methyl/N-ethyl adjacent to an activating group) is 1. The van der Waals surface area contributed by atoms with Gasteiger partial charge in [0.05, 0.1) is 0 Å². The summed E-state index contributed by atoms with van der Waals surface area (Å²) >= 11 is 0. The van der Waals surface area contributed by atoms with Gasteiger partial charge in [0.2, 0.25) is 12.0 Å². The third-order valence-corrected chi connectivity index (χ3v) is 4.26. The van der Waals surface area contributed by atoms with Crippen LogP contribution in [0.1, 0.15) is 12.5 Å². The van der Waals surface area contributed by atoms with E-state index in [0.717, 1.165) is 0 Å². The fourth-order valence-electron chi connectivity index (χ4n) is 2.83. The average Bonchev–Trinajstić information content (AvgIpc) is 2.70. The van der Waals surface area contributed by atoms with E-state index in [-0.39, 0.29) is 18.4 Å². The van der Waals surface area contributed by atoms with Crippen molar-refractivity contribution in [2.45, 2.75) is 19.1 Å². The van der Waals surface area contributed by atoms with E-state index in [4.69, 9.17) is 15.9 Å². The van der Waals surface area contributed by atoms with Gasteiger partial charge in [0, 0.05) is 18.3 Å². The van der Waals surface area contributed by atoms with E-state index in [2.05, 4.69) is 11.2 Å². The van der Waals surface area contributed by atoms with E-state index in [1.165, 1.54) is 11.9 Å². The van der Waals surface area contributed by atoms with Crippen molar-refractivity contribution in [3.63, 3.8) is 0 Å². The van der Waals surface area contributed by atoms with Crippen LogP contribution in [-0.2, 0) is 9.59 Å². The lowest BCUT2D eigenvalue weighted by Crippen LogP contribution is -2.52. The first-order chi connectivity index (χ1) is 13.0. The number of hydrogen-bond donors (Lipinski definition) is 1. The van der Waals surface area contributed by atoms with Crippen LogP contribution in [0.25, 0.3) is 0 Å². The lowest BCUT2D eigenvalue weighted by atomic mass is 10.1. The van der Waals surface area contributed by atoms with Crippen LogP contribution in [-0.4, -0.2) is 37.6 Å². The number of fused-ring (bicyclic) bond motifs is 1. The van der Waals surface area contributed by atoms with Crippen molar-refractivity contribution < 1.29 is 19.1 Å². The summed E-state index contributed by atoms with van der Waals surface area (Å²) in [5.41, 5.74) is 1.13. The molecule has 6 heteroatoms. The summed E-state index contributed by atoms with van der Waals surface area (Å²) in [7, 11) is 1.52. The van der Waals surface area contributed by atoms with Gasteiger partial charge in [-0.05, 0) is 37.3 Å². The summed E-state index contributed by atoms with van der Waals surface area (Å²) in [6.45, 7) is 1.60. The topological polar surface area (TPSA) is 67.9 Å². The van der Waals surface area contributed by atoms with Crippen LogP contribution < -0.4 is 19.7 Å².